The lowest BCUT2D eigenvalue weighted by molar-refractivity contribution is -0.137. The number of hydrogen-bond donors (Lipinski definition) is 1. The molecule has 3 aromatic rings. The van der Waals surface area contributed by atoms with Gasteiger partial charge in [-0.05, 0) is 17.7 Å². The van der Waals surface area contributed by atoms with Crippen LogP contribution in [0.25, 0.3) is 0 Å². The van der Waals surface area contributed by atoms with Crippen LogP contribution in [0.1, 0.15) is 33.1 Å². The van der Waals surface area contributed by atoms with Crippen LogP contribution in [0.4, 0.5) is 13.2 Å². The molecule has 0 atom stereocenters. The van der Waals surface area contributed by atoms with Crippen LogP contribution in [0.15, 0.2) is 59.2 Å². The third-order valence-electron chi connectivity index (χ3n) is 6.21. The molecule has 1 saturated heterocycles. The van der Waals surface area contributed by atoms with Crippen LogP contribution < -0.4 is 10.1 Å². The summed E-state index contributed by atoms with van der Waals surface area (Å²) in [5, 5.41) is 2.85. The highest BCUT2D eigenvalue weighted by Crippen LogP contribution is 2.30. The first-order valence-electron chi connectivity index (χ1n) is 12.3. The number of ether oxygens (including phenoxy) is 2. The zero-order valence-electron chi connectivity index (χ0n) is 21.2. The number of oxazole rings is 1. The summed E-state index contributed by atoms with van der Waals surface area (Å²) in [6.45, 7) is 4.96. The van der Waals surface area contributed by atoms with E-state index in [2.05, 4.69) is 15.2 Å². The Balaban J connectivity index is 1.44. The first-order chi connectivity index (χ1) is 18.3. The molecule has 0 saturated carbocycles. The Morgan fingerprint density at radius 3 is 2.66 bits per heavy atom. The summed E-state index contributed by atoms with van der Waals surface area (Å²) in [7, 11) is 1.56. The Morgan fingerprint density at radius 1 is 1.11 bits per heavy atom. The van der Waals surface area contributed by atoms with Gasteiger partial charge in [-0.25, -0.2) is 4.98 Å². The largest absolute Gasteiger partial charge is 0.496 e. The van der Waals surface area contributed by atoms with Crippen molar-refractivity contribution >= 4 is 5.91 Å². The molecule has 2 heterocycles. The topological polar surface area (TPSA) is 80.1 Å². The predicted octanol–water partition coefficient (Wildman–Crippen LogP) is 3.97. The highest BCUT2D eigenvalue weighted by Gasteiger charge is 2.30. The Labute approximate surface area is 219 Å². The number of rotatable bonds is 11. The van der Waals surface area contributed by atoms with Gasteiger partial charge in [0.15, 0.2) is 5.69 Å². The van der Waals surface area contributed by atoms with Gasteiger partial charge in [0.25, 0.3) is 5.91 Å². The molecule has 0 aliphatic carbocycles. The Morgan fingerprint density at radius 2 is 1.89 bits per heavy atom. The molecule has 38 heavy (non-hydrogen) atoms. The summed E-state index contributed by atoms with van der Waals surface area (Å²) in [4.78, 5) is 21.0. The van der Waals surface area contributed by atoms with Gasteiger partial charge in [0.05, 0.1) is 32.4 Å². The molecule has 0 radical (unpaired) electrons. The van der Waals surface area contributed by atoms with Crippen LogP contribution >= 0.6 is 0 Å². The van der Waals surface area contributed by atoms with Crippen molar-refractivity contribution in [3.05, 3.63) is 83.1 Å². The number of para-hydroxylation sites is 1. The standard InChI is InChI=1S/C27H31F3N4O4/c1-36-24-8-3-2-6-21(24)17-34(16-20-5-4-7-22(15-20)27(28,29)30)18-25-32-23(19-38-25)26(35)31-9-10-33-11-13-37-14-12-33/h2-8,15,19H,9-14,16-18H2,1H3,(H,31,35). The van der Waals surface area contributed by atoms with Gasteiger partial charge in [-0.1, -0.05) is 36.4 Å². The van der Waals surface area contributed by atoms with Crippen LogP contribution in [0.5, 0.6) is 5.75 Å². The van der Waals surface area contributed by atoms with Crippen molar-refractivity contribution in [3.63, 3.8) is 0 Å². The van der Waals surface area contributed by atoms with Gasteiger partial charge < -0.3 is 19.2 Å². The Hall–Kier alpha value is -3.41. The van der Waals surface area contributed by atoms with E-state index in [-0.39, 0.29) is 30.6 Å². The van der Waals surface area contributed by atoms with Gasteiger partial charge in [-0.3, -0.25) is 14.6 Å². The fourth-order valence-electron chi connectivity index (χ4n) is 4.27. The lowest BCUT2D eigenvalue weighted by Gasteiger charge is -2.26. The summed E-state index contributed by atoms with van der Waals surface area (Å²) >= 11 is 0. The molecule has 2 aromatic carbocycles. The summed E-state index contributed by atoms with van der Waals surface area (Å²) in [5.74, 6) is 0.599. The third-order valence-corrected chi connectivity index (χ3v) is 6.21. The first-order valence-corrected chi connectivity index (χ1v) is 12.3. The molecule has 4 rings (SSSR count). The number of nitrogens with zero attached hydrogens (tertiary/aromatic N) is 3. The molecule has 1 aliphatic rings. The number of halogens is 3. The quantitative estimate of drug-likeness (QED) is 0.400. The van der Waals surface area contributed by atoms with E-state index < -0.39 is 11.7 Å². The molecule has 204 valence electrons. The maximum atomic E-state index is 13.3. The summed E-state index contributed by atoms with van der Waals surface area (Å²) in [6, 6.07) is 12.6. The van der Waals surface area contributed by atoms with Crippen molar-refractivity contribution in [1.29, 1.82) is 0 Å². The number of alkyl halides is 3. The molecule has 1 fully saturated rings. The second-order valence-corrected chi connectivity index (χ2v) is 8.99. The SMILES string of the molecule is COc1ccccc1CN(Cc1cccc(C(F)(F)F)c1)Cc1nc(C(=O)NCCN2CCOCC2)co1. The maximum Gasteiger partial charge on any atom is 0.416 e. The number of hydrogen-bond acceptors (Lipinski definition) is 7. The first kappa shape index (κ1) is 27.6. The highest BCUT2D eigenvalue weighted by atomic mass is 19.4. The predicted molar refractivity (Wildman–Crippen MR) is 133 cm³/mol. The molecular weight excluding hydrogens is 501 g/mol. The van der Waals surface area contributed by atoms with E-state index in [9.17, 15) is 18.0 Å². The molecule has 0 spiro atoms. The van der Waals surface area contributed by atoms with E-state index in [4.69, 9.17) is 13.9 Å². The van der Waals surface area contributed by atoms with Crippen LogP contribution in [0, 0.1) is 0 Å². The van der Waals surface area contributed by atoms with Gasteiger partial charge in [0, 0.05) is 44.8 Å². The zero-order chi connectivity index (χ0) is 27.0. The lowest BCUT2D eigenvalue weighted by atomic mass is 10.1. The van der Waals surface area contributed by atoms with E-state index in [0.717, 1.165) is 30.8 Å². The van der Waals surface area contributed by atoms with Crippen molar-refractivity contribution in [2.75, 3.05) is 46.5 Å². The fourth-order valence-corrected chi connectivity index (χ4v) is 4.27. The molecule has 0 bridgehead atoms. The molecule has 11 heteroatoms. The van der Waals surface area contributed by atoms with Gasteiger partial charge in [0.2, 0.25) is 5.89 Å². The second kappa shape index (κ2) is 12.9. The normalized spacial score (nSPS) is 14.6. The maximum absolute atomic E-state index is 13.3. The number of morpholine rings is 1. The molecular formula is C27H31F3N4O4. The molecule has 0 unspecified atom stereocenters. The third kappa shape index (κ3) is 7.80. The van der Waals surface area contributed by atoms with Crippen molar-refractivity contribution in [2.24, 2.45) is 0 Å². The van der Waals surface area contributed by atoms with Crippen LogP contribution in [-0.2, 0) is 30.5 Å². The summed E-state index contributed by atoms with van der Waals surface area (Å²) in [5.41, 5.74) is 0.787. The average Bonchev–Trinajstić information content (AvgIpc) is 3.38. The van der Waals surface area contributed by atoms with Crippen LogP contribution in [0.2, 0.25) is 0 Å². The minimum absolute atomic E-state index is 0.151. The van der Waals surface area contributed by atoms with E-state index in [1.165, 1.54) is 12.3 Å². The fraction of sp³-hybridized carbons (Fsp3) is 0.407. The number of benzene rings is 2. The van der Waals surface area contributed by atoms with Gasteiger partial charge in [0.1, 0.15) is 12.0 Å². The van der Waals surface area contributed by atoms with Crippen molar-refractivity contribution < 1.29 is 31.9 Å². The van der Waals surface area contributed by atoms with Crippen molar-refractivity contribution in [2.45, 2.75) is 25.8 Å². The number of nitrogens with one attached hydrogen (secondary N) is 1. The molecule has 1 aromatic heterocycles. The molecule has 8 nitrogen and oxygen atoms in total. The van der Waals surface area contributed by atoms with Crippen LogP contribution in [-0.4, -0.2) is 67.2 Å². The highest BCUT2D eigenvalue weighted by molar-refractivity contribution is 5.91. The number of carbonyl (C=O) groups is 1. The van der Waals surface area contributed by atoms with Gasteiger partial charge in [-0.15, -0.1) is 0 Å². The number of carbonyl (C=O) groups excluding carboxylic acids is 1. The minimum atomic E-state index is -4.43. The number of methoxy groups -OCH3 is 1. The smallest absolute Gasteiger partial charge is 0.416 e. The monoisotopic (exact) mass is 532 g/mol. The Bertz CT molecular complexity index is 1190. The van der Waals surface area contributed by atoms with E-state index in [1.807, 2.05) is 29.2 Å². The summed E-state index contributed by atoms with van der Waals surface area (Å²) < 4.78 is 56.2. The molecule has 1 aliphatic heterocycles. The summed E-state index contributed by atoms with van der Waals surface area (Å²) in [6.07, 6.45) is -3.14. The Kier molecular flexibility index (Phi) is 9.38. The van der Waals surface area contributed by atoms with Gasteiger partial charge >= 0.3 is 6.18 Å². The lowest BCUT2D eigenvalue weighted by Crippen LogP contribution is -2.41. The van der Waals surface area contributed by atoms with E-state index >= 15 is 0 Å². The number of amides is 1. The van der Waals surface area contributed by atoms with E-state index in [1.54, 1.807) is 13.2 Å². The molecule has 1 amide bonds. The zero-order valence-corrected chi connectivity index (χ0v) is 21.2. The molecule has 1 N–H and O–H groups in total. The van der Waals surface area contributed by atoms with Crippen molar-refractivity contribution in [3.8, 4) is 5.75 Å². The second-order valence-electron chi connectivity index (χ2n) is 8.99. The van der Waals surface area contributed by atoms with Gasteiger partial charge in [-0.2, -0.15) is 13.2 Å². The van der Waals surface area contributed by atoms with Crippen molar-refractivity contribution in [1.82, 2.24) is 20.1 Å². The minimum Gasteiger partial charge on any atom is -0.496 e. The van der Waals surface area contributed by atoms with Crippen LogP contribution in [0.3, 0.4) is 0 Å². The van der Waals surface area contributed by atoms with E-state index in [0.29, 0.717) is 44.2 Å². The average molecular weight is 533 g/mol. The number of aromatic nitrogens is 1.